The molecule has 10 heteroatoms. The van der Waals surface area contributed by atoms with Crippen LogP contribution in [0.1, 0.15) is 0 Å². The van der Waals surface area contributed by atoms with Crippen LogP contribution in [0.25, 0.3) is 0 Å². The van der Waals surface area contributed by atoms with Crippen LogP contribution in [-0.2, 0) is 18.3 Å². The van der Waals surface area contributed by atoms with Crippen LogP contribution in [0.4, 0.5) is 0 Å². The summed E-state index contributed by atoms with van der Waals surface area (Å²) in [4.78, 5) is 0. The van der Waals surface area contributed by atoms with E-state index in [-0.39, 0.29) is 59.1 Å². The zero-order chi connectivity index (χ0) is 7.00. The normalized spacial score (nSPS) is 11.0. The average Bonchev–Trinajstić information content (AvgIpc) is 1.25. The van der Waals surface area contributed by atoms with Crippen LogP contribution in [0.15, 0.2) is 0 Å². The van der Waals surface area contributed by atoms with Gasteiger partial charge in [-0.2, -0.15) is 0 Å². The van der Waals surface area contributed by atoms with Crippen molar-refractivity contribution in [3.63, 3.8) is 0 Å². The molecule has 0 amide bonds. The molecule has 50 valence electrons. The molecule has 0 radical (unpaired) electrons. The third-order valence-electron chi connectivity index (χ3n) is 0.250. The Labute approximate surface area is 102 Å². The van der Waals surface area contributed by atoms with Gasteiger partial charge in [-0.1, -0.05) is 0 Å². The van der Waals surface area contributed by atoms with Crippen molar-refractivity contribution in [1.82, 2.24) is 0 Å². The molecule has 0 aliphatic rings. The molecule has 0 unspecified atom stereocenters. The predicted molar refractivity (Wildman–Crippen MR) is 19.4 cm³/mol. The predicted octanol–water partition coefficient (Wildman–Crippen LogP) is -8.00. The number of hydrogen-bond acceptors (Lipinski definition) is 6. The Kier molecular flexibility index (Phi) is 9.72. The summed E-state index contributed by atoms with van der Waals surface area (Å²) in [6.45, 7) is 0. The SMILES string of the molecule is O=S(=O)([O-])S(=O)(=O)[O-].[Na+].[Na+]. The van der Waals surface area contributed by atoms with Gasteiger partial charge in [0, 0.05) is 0 Å². The quantitative estimate of drug-likeness (QED) is 0.239. The molecule has 0 N–H and O–H groups in total. The maximum atomic E-state index is 9.20. The fourth-order valence-electron chi connectivity index (χ4n) is 0. The zero-order valence-electron chi connectivity index (χ0n) is 5.27. The third kappa shape index (κ3) is 6.53. The monoisotopic (exact) mass is 206 g/mol. The molecule has 0 bridgehead atoms. The first-order chi connectivity index (χ1) is 3.25. The molecular weight excluding hydrogens is 206 g/mol. The second-order valence-electron chi connectivity index (χ2n) is 0.816. The summed E-state index contributed by atoms with van der Waals surface area (Å²) >= 11 is 0. The first-order valence-electron chi connectivity index (χ1n) is 1.17. The summed E-state index contributed by atoms with van der Waals surface area (Å²) in [7, 11) is -11.3. The minimum absolute atomic E-state index is 0. The van der Waals surface area contributed by atoms with Crippen molar-refractivity contribution in [2.75, 3.05) is 0 Å². The molecule has 0 fully saturated rings. The average molecular weight is 206 g/mol. The molecule has 0 atom stereocenters. The van der Waals surface area contributed by atoms with Crippen LogP contribution < -0.4 is 59.1 Å². The van der Waals surface area contributed by atoms with Crippen molar-refractivity contribution in [3.8, 4) is 0 Å². The van der Waals surface area contributed by atoms with E-state index in [1.54, 1.807) is 0 Å². The molecule has 0 aromatic carbocycles. The zero-order valence-corrected chi connectivity index (χ0v) is 10.9. The summed E-state index contributed by atoms with van der Waals surface area (Å²) in [5.74, 6) is 0. The van der Waals surface area contributed by atoms with E-state index < -0.39 is 18.3 Å². The van der Waals surface area contributed by atoms with Crippen molar-refractivity contribution in [3.05, 3.63) is 0 Å². The van der Waals surface area contributed by atoms with E-state index in [1.165, 1.54) is 0 Å². The standard InChI is InChI=1S/2Na.H2O6S2/c;;1-7(2,3)8(4,5)6/h;;(H,1,2,3)(H,4,5,6)/q2*+1;/p-2. The van der Waals surface area contributed by atoms with Crippen LogP contribution in [0.2, 0.25) is 0 Å². The Morgan fingerprint density at radius 2 is 0.800 bits per heavy atom. The van der Waals surface area contributed by atoms with Crippen molar-refractivity contribution in [1.29, 1.82) is 0 Å². The molecule has 0 spiro atoms. The Hall–Kier alpha value is 1.82. The van der Waals surface area contributed by atoms with Gasteiger partial charge in [0.15, 0.2) is 18.3 Å². The first-order valence-corrected chi connectivity index (χ1v) is 4.50. The summed E-state index contributed by atoms with van der Waals surface area (Å²) in [6, 6.07) is 0. The number of rotatable bonds is 1. The fourth-order valence-corrected chi connectivity index (χ4v) is 0. The van der Waals surface area contributed by atoms with Crippen LogP contribution in [0.5, 0.6) is 0 Å². The Bertz CT molecular complexity index is 226. The summed E-state index contributed by atoms with van der Waals surface area (Å²) < 4.78 is 55.2. The van der Waals surface area contributed by atoms with E-state index in [1.807, 2.05) is 0 Å². The molecule has 10 heavy (non-hydrogen) atoms. The molecule has 0 aliphatic carbocycles. The molecule has 0 aliphatic heterocycles. The smallest absolute Gasteiger partial charge is 0.736 e. The largest absolute Gasteiger partial charge is 1.00 e. The molecule has 0 rings (SSSR count). The topological polar surface area (TPSA) is 114 Å². The van der Waals surface area contributed by atoms with Gasteiger partial charge in [-0.05, 0) is 0 Å². The van der Waals surface area contributed by atoms with Gasteiger partial charge in [0.05, 0.1) is 0 Å². The van der Waals surface area contributed by atoms with Gasteiger partial charge < -0.3 is 9.11 Å². The van der Waals surface area contributed by atoms with E-state index in [2.05, 4.69) is 0 Å². The molecule has 0 aromatic rings. The van der Waals surface area contributed by atoms with E-state index in [4.69, 9.17) is 0 Å². The third-order valence-corrected chi connectivity index (χ3v) is 2.25. The van der Waals surface area contributed by atoms with Gasteiger partial charge in [0.25, 0.3) is 0 Å². The Balaban J connectivity index is -0.000000245. The van der Waals surface area contributed by atoms with Crippen molar-refractivity contribution >= 4 is 18.3 Å². The van der Waals surface area contributed by atoms with Crippen molar-refractivity contribution in [2.24, 2.45) is 0 Å². The van der Waals surface area contributed by atoms with Gasteiger partial charge in [-0.3, -0.25) is 0 Å². The van der Waals surface area contributed by atoms with Crippen LogP contribution >= 0.6 is 0 Å². The van der Waals surface area contributed by atoms with Crippen LogP contribution in [-0.4, -0.2) is 25.9 Å². The Morgan fingerprint density at radius 3 is 0.800 bits per heavy atom. The van der Waals surface area contributed by atoms with Gasteiger partial charge in [-0.15, -0.1) is 0 Å². The summed E-state index contributed by atoms with van der Waals surface area (Å²) in [5.41, 5.74) is 0. The fraction of sp³-hybridized carbons (Fsp3) is 0. The minimum Gasteiger partial charge on any atom is -0.736 e. The van der Waals surface area contributed by atoms with Gasteiger partial charge in [0.2, 0.25) is 0 Å². The van der Waals surface area contributed by atoms with E-state index in [9.17, 15) is 25.9 Å². The molecule has 0 aromatic heterocycles. The van der Waals surface area contributed by atoms with Crippen molar-refractivity contribution < 1.29 is 85.1 Å². The van der Waals surface area contributed by atoms with Crippen LogP contribution in [0, 0.1) is 0 Å². The Morgan fingerprint density at radius 1 is 0.700 bits per heavy atom. The van der Waals surface area contributed by atoms with E-state index >= 15 is 0 Å². The van der Waals surface area contributed by atoms with Gasteiger partial charge in [-0.25, -0.2) is 16.8 Å². The van der Waals surface area contributed by atoms with Gasteiger partial charge in [0.1, 0.15) is 0 Å². The second-order valence-corrected chi connectivity index (χ2v) is 4.90. The second kappa shape index (κ2) is 5.46. The first kappa shape index (κ1) is 17.8. The molecule has 0 saturated heterocycles. The van der Waals surface area contributed by atoms with Crippen molar-refractivity contribution in [2.45, 2.75) is 0 Å². The minimum atomic E-state index is -5.67. The van der Waals surface area contributed by atoms with Gasteiger partial charge >= 0.3 is 59.1 Å². The molecule has 0 heterocycles. The maximum absolute atomic E-state index is 9.20. The summed E-state index contributed by atoms with van der Waals surface area (Å²) in [6.07, 6.45) is 0. The van der Waals surface area contributed by atoms with Crippen LogP contribution in [0.3, 0.4) is 0 Å². The van der Waals surface area contributed by atoms with E-state index in [0.717, 1.165) is 0 Å². The molecule has 0 saturated carbocycles. The molecular formula is Na2O6S2. The molecule has 6 nitrogen and oxygen atoms in total. The van der Waals surface area contributed by atoms with E-state index in [0.29, 0.717) is 0 Å². The summed E-state index contributed by atoms with van der Waals surface area (Å²) in [5, 5.41) is 0. The number of hydrogen-bond donors (Lipinski definition) is 0. The maximum Gasteiger partial charge on any atom is 1.00 e.